The summed E-state index contributed by atoms with van der Waals surface area (Å²) in [5.41, 5.74) is 1.64. The number of sulfonamides is 1. The fourth-order valence-corrected chi connectivity index (χ4v) is 5.17. The third-order valence-corrected chi connectivity index (χ3v) is 7.78. The smallest absolute Gasteiger partial charge is 0.244 e. The maximum atomic E-state index is 14.1. The van der Waals surface area contributed by atoms with Gasteiger partial charge in [0.05, 0.1) is 18.6 Å². The Morgan fingerprint density at radius 3 is 2.17 bits per heavy atom. The monoisotopic (exact) mass is 583 g/mol. The summed E-state index contributed by atoms with van der Waals surface area (Å²) < 4.78 is 46.3. The first-order valence-corrected chi connectivity index (χ1v) is 15.5. The maximum Gasteiger partial charge on any atom is 0.244 e. The third kappa shape index (κ3) is 9.04. The van der Waals surface area contributed by atoms with E-state index in [0.29, 0.717) is 24.3 Å². The molecule has 0 aliphatic rings. The van der Waals surface area contributed by atoms with E-state index in [2.05, 4.69) is 5.32 Å². The zero-order valence-corrected chi connectivity index (χ0v) is 24.7. The van der Waals surface area contributed by atoms with Gasteiger partial charge in [0.25, 0.3) is 0 Å². The molecule has 0 radical (unpaired) electrons. The lowest BCUT2D eigenvalue weighted by Crippen LogP contribution is -2.54. The Morgan fingerprint density at radius 1 is 0.927 bits per heavy atom. The molecule has 10 heteroatoms. The molecule has 3 rings (SSSR count). The van der Waals surface area contributed by atoms with Crippen LogP contribution in [0.5, 0.6) is 5.75 Å². The van der Waals surface area contributed by atoms with Crippen LogP contribution < -0.4 is 14.4 Å². The molecule has 0 heterocycles. The standard InChI is InChI=1S/C31H38FN3O5S/c1-5-23(3)33-31(37)28(20-24-12-8-7-9-13-24)34(21-25-16-18-26(32)19-17-25)30(36)22-35(41(4,38)39)27-14-10-11-15-29(27)40-6-2/h7-19,23,28H,5-6,20-22H2,1-4H3,(H,33,37)/t23-,28+/m1/s1. The second-order valence-electron chi connectivity index (χ2n) is 9.84. The van der Waals surface area contributed by atoms with Crippen LogP contribution in [0.1, 0.15) is 38.3 Å². The highest BCUT2D eigenvalue weighted by Crippen LogP contribution is 2.30. The quantitative estimate of drug-likeness (QED) is 0.301. The second-order valence-corrected chi connectivity index (χ2v) is 11.7. The van der Waals surface area contributed by atoms with Crippen LogP contribution in [0.25, 0.3) is 0 Å². The molecule has 2 amide bonds. The van der Waals surface area contributed by atoms with Crippen LogP contribution in [-0.4, -0.2) is 56.6 Å². The summed E-state index contributed by atoms with van der Waals surface area (Å²) in [6, 6.07) is 20.4. The summed E-state index contributed by atoms with van der Waals surface area (Å²) in [4.78, 5) is 29.2. The van der Waals surface area contributed by atoms with E-state index in [4.69, 9.17) is 4.74 Å². The van der Waals surface area contributed by atoms with Crippen LogP contribution in [0.15, 0.2) is 78.9 Å². The van der Waals surface area contributed by atoms with Gasteiger partial charge in [-0.25, -0.2) is 12.8 Å². The first-order valence-electron chi connectivity index (χ1n) is 13.6. The van der Waals surface area contributed by atoms with Gasteiger partial charge in [0.1, 0.15) is 24.2 Å². The number of halogens is 1. The van der Waals surface area contributed by atoms with Gasteiger partial charge in [-0.3, -0.25) is 13.9 Å². The number of ether oxygens (including phenoxy) is 1. The van der Waals surface area contributed by atoms with Crippen molar-refractivity contribution in [1.29, 1.82) is 0 Å². The van der Waals surface area contributed by atoms with E-state index in [1.807, 2.05) is 44.2 Å². The van der Waals surface area contributed by atoms with Crippen LogP contribution >= 0.6 is 0 Å². The van der Waals surface area contributed by atoms with Crippen molar-refractivity contribution in [3.05, 3.63) is 95.8 Å². The Kier molecular flexibility index (Phi) is 11.3. The van der Waals surface area contributed by atoms with Crippen molar-refractivity contribution in [2.45, 2.75) is 52.2 Å². The van der Waals surface area contributed by atoms with Gasteiger partial charge in [0.15, 0.2) is 0 Å². The van der Waals surface area contributed by atoms with Gasteiger partial charge in [-0.1, -0.05) is 61.5 Å². The topological polar surface area (TPSA) is 96.0 Å². The van der Waals surface area contributed by atoms with Crippen LogP contribution in [-0.2, 0) is 32.6 Å². The van der Waals surface area contributed by atoms with Crippen molar-refractivity contribution in [3.63, 3.8) is 0 Å². The zero-order chi connectivity index (χ0) is 30.0. The van der Waals surface area contributed by atoms with E-state index in [0.717, 1.165) is 16.1 Å². The molecule has 3 aromatic rings. The predicted molar refractivity (Wildman–Crippen MR) is 159 cm³/mol. The summed E-state index contributed by atoms with van der Waals surface area (Å²) in [5.74, 6) is -1.07. The molecule has 2 atom stereocenters. The molecular weight excluding hydrogens is 545 g/mol. The van der Waals surface area contributed by atoms with Gasteiger partial charge in [0.2, 0.25) is 21.8 Å². The molecule has 0 aliphatic carbocycles. The van der Waals surface area contributed by atoms with Gasteiger partial charge >= 0.3 is 0 Å². The van der Waals surface area contributed by atoms with Crippen LogP contribution in [0.2, 0.25) is 0 Å². The number of para-hydroxylation sites is 2. The highest BCUT2D eigenvalue weighted by atomic mass is 32.2. The Morgan fingerprint density at radius 2 is 1.56 bits per heavy atom. The Labute approximate surface area is 242 Å². The van der Waals surface area contributed by atoms with E-state index in [9.17, 15) is 22.4 Å². The number of benzene rings is 3. The molecule has 220 valence electrons. The van der Waals surface area contributed by atoms with E-state index >= 15 is 0 Å². The summed E-state index contributed by atoms with van der Waals surface area (Å²) in [6.07, 6.45) is 1.90. The molecule has 0 unspecified atom stereocenters. The normalized spacial score (nSPS) is 12.7. The molecule has 3 aromatic carbocycles. The molecule has 0 aromatic heterocycles. The SMILES string of the molecule is CCOc1ccccc1N(CC(=O)N(Cc1ccc(F)cc1)[C@@H](Cc1ccccc1)C(=O)N[C@H](C)CC)S(C)(=O)=O. The van der Waals surface area contributed by atoms with Gasteiger partial charge in [-0.2, -0.15) is 0 Å². The molecule has 41 heavy (non-hydrogen) atoms. The lowest BCUT2D eigenvalue weighted by Gasteiger charge is -2.34. The van der Waals surface area contributed by atoms with Gasteiger partial charge in [0, 0.05) is 19.0 Å². The summed E-state index contributed by atoms with van der Waals surface area (Å²) in [5, 5.41) is 2.98. The molecule has 0 fully saturated rings. The fraction of sp³-hybridized carbons (Fsp3) is 0.355. The number of nitrogens with zero attached hydrogens (tertiary/aromatic N) is 2. The Balaban J connectivity index is 2.08. The van der Waals surface area contributed by atoms with Crippen molar-refractivity contribution < 1.29 is 27.1 Å². The number of amides is 2. The first-order chi connectivity index (χ1) is 19.5. The molecule has 0 spiro atoms. The molecule has 8 nitrogen and oxygen atoms in total. The average molecular weight is 584 g/mol. The largest absolute Gasteiger partial charge is 0.492 e. The number of hydrogen-bond donors (Lipinski definition) is 1. The summed E-state index contributed by atoms with van der Waals surface area (Å²) in [6.45, 7) is 5.30. The predicted octanol–water partition coefficient (Wildman–Crippen LogP) is 4.55. The molecule has 0 aliphatic heterocycles. The van der Waals surface area contributed by atoms with Crippen molar-refractivity contribution >= 4 is 27.5 Å². The van der Waals surface area contributed by atoms with E-state index < -0.39 is 34.3 Å². The lowest BCUT2D eigenvalue weighted by atomic mass is 10.0. The van der Waals surface area contributed by atoms with E-state index in [1.165, 1.54) is 17.0 Å². The van der Waals surface area contributed by atoms with E-state index in [1.54, 1.807) is 43.3 Å². The number of anilines is 1. The van der Waals surface area contributed by atoms with Crippen molar-refractivity contribution in [3.8, 4) is 5.75 Å². The minimum atomic E-state index is -3.94. The Bertz CT molecular complexity index is 1400. The number of rotatable bonds is 14. The zero-order valence-electron chi connectivity index (χ0n) is 23.9. The highest BCUT2D eigenvalue weighted by Gasteiger charge is 2.34. The minimum Gasteiger partial charge on any atom is -0.492 e. The van der Waals surface area contributed by atoms with Crippen LogP contribution in [0.3, 0.4) is 0 Å². The van der Waals surface area contributed by atoms with Gasteiger partial charge < -0.3 is 15.0 Å². The second kappa shape index (κ2) is 14.6. The number of nitrogens with one attached hydrogen (secondary N) is 1. The molecule has 0 saturated heterocycles. The van der Waals surface area contributed by atoms with Crippen molar-refractivity contribution in [2.75, 3.05) is 23.7 Å². The number of hydrogen-bond acceptors (Lipinski definition) is 5. The summed E-state index contributed by atoms with van der Waals surface area (Å²) >= 11 is 0. The molecule has 0 bridgehead atoms. The number of carbonyl (C=O) groups is 2. The number of carbonyl (C=O) groups excluding carboxylic acids is 2. The van der Waals surface area contributed by atoms with Crippen molar-refractivity contribution in [1.82, 2.24) is 10.2 Å². The Hall–Kier alpha value is -3.92. The van der Waals surface area contributed by atoms with Crippen LogP contribution in [0.4, 0.5) is 10.1 Å². The summed E-state index contributed by atoms with van der Waals surface area (Å²) in [7, 11) is -3.94. The van der Waals surface area contributed by atoms with Crippen LogP contribution in [0, 0.1) is 5.82 Å². The average Bonchev–Trinajstić information content (AvgIpc) is 2.95. The molecule has 0 saturated carbocycles. The van der Waals surface area contributed by atoms with Crippen molar-refractivity contribution in [2.24, 2.45) is 0 Å². The highest BCUT2D eigenvalue weighted by molar-refractivity contribution is 7.92. The lowest BCUT2D eigenvalue weighted by molar-refractivity contribution is -0.140. The van der Waals surface area contributed by atoms with Gasteiger partial charge in [-0.15, -0.1) is 0 Å². The van der Waals surface area contributed by atoms with E-state index in [-0.39, 0.29) is 30.6 Å². The molecular formula is C31H38FN3O5S. The maximum absolute atomic E-state index is 14.1. The minimum absolute atomic E-state index is 0.0325. The third-order valence-electron chi connectivity index (χ3n) is 6.65. The fourth-order valence-electron chi connectivity index (χ4n) is 4.32. The molecule has 1 N–H and O–H groups in total. The van der Waals surface area contributed by atoms with Gasteiger partial charge in [-0.05, 0) is 55.7 Å². The first kappa shape index (κ1) is 31.6.